The number of nitrogens with one attached hydrogen (secondary N) is 1. The summed E-state index contributed by atoms with van der Waals surface area (Å²) in [5.41, 5.74) is 15.8. The second-order valence-electron chi connectivity index (χ2n) is 6.21. The molecule has 1 saturated heterocycles. The number of aliphatic carboxylic acids is 1. The zero-order valence-corrected chi connectivity index (χ0v) is 14.3. The van der Waals surface area contributed by atoms with E-state index in [0.717, 1.165) is 0 Å². The van der Waals surface area contributed by atoms with E-state index in [1.54, 1.807) is 0 Å². The predicted octanol–water partition coefficient (Wildman–Crippen LogP) is -2.59. The molecule has 0 aromatic heterocycles. The molecule has 0 aromatic carbocycles. The molecule has 0 aromatic rings. The number of primary amides is 2. The maximum Gasteiger partial charge on any atom is 0.326 e. The second-order valence-corrected chi connectivity index (χ2v) is 6.21. The standard InChI is InChI=1S/C15H25N5O6/c16-8(3-5-11(17)21)14(24)20-7-1-2-10(20)13(23)19-9(15(25)26)4-6-12(18)22/h8-10H,1-7,16H2,(H2,17,21)(H2,18,22)(H,19,23)(H,25,26). The molecule has 8 N–H and O–H groups in total. The van der Waals surface area contributed by atoms with Gasteiger partial charge in [-0.1, -0.05) is 0 Å². The molecule has 0 saturated carbocycles. The summed E-state index contributed by atoms with van der Waals surface area (Å²) in [4.78, 5) is 58.9. The molecule has 0 bridgehead atoms. The Kier molecular flexibility index (Phi) is 7.97. The van der Waals surface area contributed by atoms with Gasteiger partial charge in [0.15, 0.2) is 0 Å². The predicted molar refractivity (Wildman–Crippen MR) is 89.1 cm³/mol. The number of nitrogens with two attached hydrogens (primary N) is 3. The zero-order valence-electron chi connectivity index (χ0n) is 14.3. The summed E-state index contributed by atoms with van der Waals surface area (Å²) in [5, 5.41) is 11.5. The summed E-state index contributed by atoms with van der Waals surface area (Å²) < 4.78 is 0. The van der Waals surface area contributed by atoms with Crippen molar-refractivity contribution in [3.8, 4) is 0 Å². The van der Waals surface area contributed by atoms with E-state index in [-0.39, 0.29) is 25.7 Å². The topological polar surface area (TPSA) is 199 Å². The highest BCUT2D eigenvalue weighted by Crippen LogP contribution is 2.19. The van der Waals surface area contributed by atoms with E-state index in [2.05, 4.69) is 5.32 Å². The average molecular weight is 371 g/mol. The SMILES string of the molecule is NC(=O)CCC(N)C(=O)N1CCCC1C(=O)NC(CCC(N)=O)C(=O)O. The van der Waals surface area contributed by atoms with Crippen LogP contribution in [0, 0.1) is 0 Å². The van der Waals surface area contributed by atoms with Crippen molar-refractivity contribution in [2.75, 3.05) is 6.54 Å². The first-order chi connectivity index (χ1) is 12.1. The molecule has 1 heterocycles. The number of carbonyl (C=O) groups excluding carboxylic acids is 4. The van der Waals surface area contributed by atoms with E-state index in [4.69, 9.17) is 22.3 Å². The highest BCUT2D eigenvalue weighted by Gasteiger charge is 2.37. The second kappa shape index (κ2) is 9.70. The van der Waals surface area contributed by atoms with Crippen molar-refractivity contribution >= 4 is 29.6 Å². The van der Waals surface area contributed by atoms with Crippen molar-refractivity contribution in [3.63, 3.8) is 0 Å². The van der Waals surface area contributed by atoms with Gasteiger partial charge in [0.05, 0.1) is 6.04 Å². The van der Waals surface area contributed by atoms with Gasteiger partial charge in [0.25, 0.3) is 0 Å². The van der Waals surface area contributed by atoms with Crippen LogP contribution < -0.4 is 22.5 Å². The molecular weight excluding hydrogens is 346 g/mol. The lowest BCUT2D eigenvalue weighted by atomic mass is 10.1. The number of likely N-dealkylation sites (tertiary alicyclic amines) is 1. The van der Waals surface area contributed by atoms with Crippen molar-refractivity contribution < 1.29 is 29.1 Å². The van der Waals surface area contributed by atoms with Gasteiger partial charge in [0.2, 0.25) is 23.6 Å². The number of nitrogens with zero attached hydrogens (tertiary/aromatic N) is 1. The molecule has 1 aliphatic rings. The number of hydrogen-bond acceptors (Lipinski definition) is 6. The smallest absolute Gasteiger partial charge is 0.326 e. The van der Waals surface area contributed by atoms with Gasteiger partial charge in [-0.15, -0.1) is 0 Å². The molecule has 0 spiro atoms. The van der Waals surface area contributed by atoms with Crippen molar-refractivity contribution in [1.29, 1.82) is 0 Å². The monoisotopic (exact) mass is 371 g/mol. The van der Waals surface area contributed by atoms with Gasteiger partial charge in [-0.05, 0) is 25.7 Å². The molecule has 146 valence electrons. The zero-order chi connectivity index (χ0) is 19.9. The first-order valence-electron chi connectivity index (χ1n) is 8.29. The Hall–Kier alpha value is -2.69. The van der Waals surface area contributed by atoms with E-state index < -0.39 is 47.7 Å². The average Bonchev–Trinajstić information content (AvgIpc) is 3.04. The third-order valence-electron chi connectivity index (χ3n) is 4.15. The Bertz CT molecular complexity index is 581. The summed E-state index contributed by atoms with van der Waals surface area (Å²) in [5.74, 6) is -3.68. The molecule has 11 nitrogen and oxygen atoms in total. The molecular formula is C15H25N5O6. The Balaban J connectivity index is 2.71. The van der Waals surface area contributed by atoms with E-state index in [9.17, 15) is 24.0 Å². The summed E-state index contributed by atoms with van der Waals surface area (Å²) in [7, 11) is 0. The number of rotatable bonds is 10. The lowest BCUT2D eigenvalue weighted by Gasteiger charge is -2.27. The number of carboxylic acid groups (broad SMARTS) is 1. The number of amides is 4. The Morgan fingerprint density at radius 2 is 1.65 bits per heavy atom. The lowest BCUT2D eigenvalue weighted by Crippen LogP contribution is -2.54. The van der Waals surface area contributed by atoms with Crippen LogP contribution in [0.1, 0.15) is 38.5 Å². The largest absolute Gasteiger partial charge is 0.480 e. The van der Waals surface area contributed by atoms with E-state index in [0.29, 0.717) is 19.4 Å². The molecule has 1 rings (SSSR count). The molecule has 1 fully saturated rings. The quantitative estimate of drug-likeness (QED) is 0.277. The normalized spacial score (nSPS) is 18.8. The molecule has 0 radical (unpaired) electrons. The van der Waals surface area contributed by atoms with Gasteiger partial charge in [-0.25, -0.2) is 4.79 Å². The Morgan fingerprint density at radius 3 is 2.19 bits per heavy atom. The van der Waals surface area contributed by atoms with Crippen molar-refractivity contribution in [2.24, 2.45) is 17.2 Å². The maximum absolute atomic E-state index is 12.4. The highest BCUT2D eigenvalue weighted by atomic mass is 16.4. The summed E-state index contributed by atoms with van der Waals surface area (Å²) >= 11 is 0. The highest BCUT2D eigenvalue weighted by molar-refractivity contribution is 5.92. The fourth-order valence-electron chi connectivity index (χ4n) is 2.75. The molecule has 0 aliphatic carbocycles. The van der Waals surface area contributed by atoms with Crippen molar-refractivity contribution in [2.45, 2.75) is 56.7 Å². The fourth-order valence-corrected chi connectivity index (χ4v) is 2.75. The van der Waals surface area contributed by atoms with Gasteiger partial charge < -0.3 is 32.5 Å². The molecule has 3 atom stereocenters. The van der Waals surface area contributed by atoms with E-state index >= 15 is 0 Å². The summed E-state index contributed by atoms with van der Waals surface area (Å²) in [6, 6.07) is -3.10. The molecule has 4 amide bonds. The number of hydrogen-bond donors (Lipinski definition) is 5. The van der Waals surface area contributed by atoms with Crippen LogP contribution in [0.15, 0.2) is 0 Å². The van der Waals surface area contributed by atoms with Crippen LogP contribution in [-0.4, -0.2) is 64.3 Å². The minimum atomic E-state index is -1.30. The van der Waals surface area contributed by atoms with Crippen LogP contribution in [0.5, 0.6) is 0 Å². The number of carbonyl (C=O) groups is 5. The molecule has 11 heteroatoms. The molecule has 26 heavy (non-hydrogen) atoms. The minimum Gasteiger partial charge on any atom is -0.480 e. The van der Waals surface area contributed by atoms with Crippen LogP contribution in [0.25, 0.3) is 0 Å². The fraction of sp³-hybridized carbons (Fsp3) is 0.667. The van der Waals surface area contributed by atoms with Crippen molar-refractivity contribution in [3.05, 3.63) is 0 Å². The number of carboxylic acids is 1. The third-order valence-corrected chi connectivity index (χ3v) is 4.15. The molecule has 3 unspecified atom stereocenters. The van der Waals surface area contributed by atoms with Gasteiger partial charge in [-0.2, -0.15) is 0 Å². The summed E-state index contributed by atoms with van der Waals surface area (Å²) in [6.07, 6.45) is 0.604. The van der Waals surface area contributed by atoms with E-state index in [1.165, 1.54) is 4.90 Å². The van der Waals surface area contributed by atoms with Gasteiger partial charge >= 0.3 is 5.97 Å². The van der Waals surface area contributed by atoms with Crippen molar-refractivity contribution in [1.82, 2.24) is 10.2 Å². The lowest BCUT2D eigenvalue weighted by molar-refractivity contribution is -0.144. The van der Waals surface area contributed by atoms with Crippen LogP contribution in [0.2, 0.25) is 0 Å². The summed E-state index contributed by atoms with van der Waals surface area (Å²) in [6.45, 7) is 0.306. The van der Waals surface area contributed by atoms with E-state index in [1.807, 2.05) is 0 Å². The third kappa shape index (κ3) is 6.31. The first kappa shape index (κ1) is 21.4. The molecule has 1 aliphatic heterocycles. The first-order valence-corrected chi connectivity index (χ1v) is 8.29. The van der Waals surface area contributed by atoms with Crippen LogP contribution in [0.4, 0.5) is 0 Å². The van der Waals surface area contributed by atoms with Gasteiger partial charge in [0, 0.05) is 19.4 Å². The van der Waals surface area contributed by atoms with Gasteiger partial charge in [0.1, 0.15) is 12.1 Å². The van der Waals surface area contributed by atoms with Crippen LogP contribution in [-0.2, 0) is 24.0 Å². The minimum absolute atomic E-state index is 0.0498. The van der Waals surface area contributed by atoms with Crippen LogP contribution >= 0.6 is 0 Å². The van der Waals surface area contributed by atoms with Gasteiger partial charge in [-0.3, -0.25) is 19.2 Å². The maximum atomic E-state index is 12.4. The Morgan fingerprint density at radius 1 is 1.08 bits per heavy atom. The Labute approximate surface area is 150 Å². The van der Waals surface area contributed by atoms with Crippen LogP contribution in [0.3, 0.4) is 0 Å².